The summed E-state index contributed by atoms with van der Waals surface area (Å²) in [5.74, 6) is 0. The zero-order valence-corrected chi connectivity index (χ0v) is 16.4. The summed E-state index contributed by atoms with van der Waals surface area (Å²) in [6, 6.07) is 13.6. The van der Waals surface area contributed by atoms with Crippen LogP contribution in [0.1, 0.15) is 11.1 Å². The number of nitriles is 2. The maximum atomic E-state index is 12.9. The highest BCUT2D eigenvalue weighted by atomic mass is 35.5. The molecule has 1 aliphatic rings. The highest BCUT2D eigenvalue weighted by molar-refractivity contribution is 7.89. The number of anilines is 1. The molecule has 0 atom stereocenters. The summed E-state index contributed by atoms with van der Waals surface area (Å²) in [5, 5.41) is 18.9. The van der Waals surface area contributed by atoms with Crippen LogP contribution in [0.4, 0.5) is 5.69 Å². The minimum Gasteiger partial charge on any atom is -0.367 e. The monoisotopic (exact) mass is 420 g/mol. The molecule has 0 radical (unpaired) electrons. The van der Waals surface area contributed by atoms with Crippen molar-refractivity contribution < 1.29 is 8.42 Å². The minimum absolute atomic E-state index is 0.00295. The van der Waals surface area contributed by atoms with Crippen molar-refractivity contribution in [2.45, 2.75) is 4.90 Å². The fourth-order valence-corrected chi connectivity index (χ4v) is 5.20. The molecule has 138 valence electrons. The van der Waals surface area contributed by atoms with E-state index in [0.29, 0.717) is 29.9 Å². The van der Waals surface area contributed by atoms with Crippen molar-refractivity contribution in [1.29, 1.82) is 10.5 Å². The molecule has 1 saturated heterocycles. The van der Waals surface area contributed by atoms with Crippen molar-refractivity contribution in [3.63, 3.8) is 0 Å². The lowest BCUT2D eigenvalue weighted by Gasteiger charge is -2.36. The first-order valence-corrected chi connectivity index (χ1v) is 10.2. The van der Waals surface area contributed by atoms with Gasteiger partial charge in [0, 0.05) is 26.2 Å². The number of para-hydroxylation sites is 1. The van der Waals surface area contributed by atoms with Crippen LogP contribution in [0.25, 0.3) is 0 Å². The lowest BCUT2D eigenvalue weighted by molar-refractivity contribution is 0.385. The van der Waals surface area contributed by atoms with Crippen LogP contribution in [-0.4, -0.2) is 38.9 Å². The van der Waals surface area contributed by atoms with Gasteiger partial charge in [0.25, 0.3) is 0 Å². The van der Waals surface area contributed by atoms with Crippen molar-refractivity contribution in [3.05, 3.63) is 57.6 Å². The zero-order valence-electron chi connectivity index (χ0n) is 14.1. The van der Waals surface area contributed by atoms with Gasteiger partial charge < -0.3 is 4.90 Å². The quantitative estimate of drug-likeness (QED) is 0.759. The Labute approximate surface area is 167 Å². The number of sulfonamides is 1. The second-order valence-corrected chi connectivity index (χ2v) is 8.56. The number of piperazine rings is 1. The fraction of sp³-hybridized carbons (Fsp3) is 0.222. The summed E-state index contributed by atoms with van der Waals surface area (Å²) in [6.45, 7) is 1.11. The number of halogens is 2. The summed E-state index contributed by atoms with van der Waals surface area (Å²) in [5.41, 5.74) is 1.33. The smallest absolute Gasteiger partial charge is 0.244 e. The van der Waals surface area contributed by atoms with Gasteiger partial charge >= 0.3 is 0 Å². The molecule has 0 aliphatic carbocycles. The summed E-state index contributed by atoms with van der Waals surface area (Å²) >= 11 is 12.0. The Bertz CT molecular complexity index is 1030. The maximum absolute atomic E-state index is 12.9. The molecule has 0 N–H and O–H groups in total. The van der Waals surface area contributed by atoms with E-state index in [0.717, 1.165) is 0 Å². The third kappa shape index (κ3) is 3.60. The molecule has 0 bridgehead atoms. The van der Waals surface area contributed by atoms with Crippen molar-refractivity contribution >= 4 is 38.9 Å². The zero-order chi connectivity index (χ0) is 19.6. The Kier molecular flexibility index (Phi) is 5.59. The molecule has 9 heteroatoms. The predicted molar refractivity (Wildman–Crippen MR) is 103 cm³/mol. The fourth-order valence-electron chi connectivity index (χ4n) is 3.04. The van der Waals surface area contributed by atoms with Crippen molar-refractivity contribution in [1.82, 2.24) is 4.31 Å². The van der Waals surface area contributed by atoms with Gasteiger partial charge in [0.1, 0.15) is 17.0 Å². The molecular formula is C18H14Cl2N4O2S. The molecule has 1 heterocycles. The minimum atomic E-state index is -3.79. The average molecular weight is 421 g/mol. The number of hydrogen-bond donors (Lipinski definition) is 0. The normalized spacial score (nSPS) is 15.2. The molecule has 1 fully saturated rings. The van der Waals surface area contributed by atoms with E-state index in [-0.39, 0.29) is 28.0 Å². The van der Waals surface area contributed by atoms with Crippen LogP contribution in [0.3, 0.4) is 0 Å². The first-order valence-electron chi connectivity index (χ1n) is 8.02. The second-order valence-electron chi connectivity index (χ2n) is 5.87. The number of nitrogens with zero attached hydrogens (tertiary/aromatic N) is 4. The van der Waals surface area contributed by atoms with Crippen LogP contribution >= 0.6 is 23.2 Å². The molecule has 0 spiro atoms. The van der Waals surface area contributed by atoms with Gasteiger partial charge in [0.05, 0.1) is 26.9 Å². The van der Waals surface area contributed by atoms with Crippen LogP contribution in [0.5, 0.6) is 0 Å². The largest absolute Gasteiger partial charge is 0.367 e. The molecular weight excluding hydrogens is 407 g/mol. The Morgan fingerprint density at radius 1 is 0.889 bits per heavy atom. The Hall–Kier alpha value is -2.29. The van der Waals surface area contributed by atoms with Crippen LogP contribution in [0.15, 0.2) is 41.3 Å². The van der Waals surface area contributed by atoms with Crippen molar-refractivity contribution in [3.8, 4) is 12.1 Å². The first kappa shape index (κ1) is 19.5. The molecule has 3 rings (SSSR count). The molecule has 1 aliphatic heterocycles. The standard InChI is InChI=1S/C18H14Cl2N4O2S/c19-15-5-2-6-16(17(15)20)27(25,26)24-9-7-23(8-10-24)18-13(11-21)3-1-4-14(18)12-22/h1-6H,7-10H2. The molecule has 2 aromatic rings. The summed E-state index contributed by atoms with van der Waals surface area (Å²) < 4.78 is 27.2. The van der Waals surface area contributed by atoms with E-state index in [1.54, 1.807) is 24.3 Å². The first-order chi connectivity index (χ1) is 12.9. The van der Waals surface area contributed by atoms with E-state index < -0.39 is 10.0 Å². The Morgan fingerprint density at radius 3 is 2.00 bits per heavy atom. The van der Waals surface area contributed by atoms with Crippen LogP contribution in [0.2, 0.25) is 10.0 Å². The van der Waals surface area contributed by atoms with E-state index in [1.165, 1.54) is 16.4 Å². The van der Waals surface area contributed by atoms with Crippen molar-refractivity contribution in [2.24, 2.45) is 0 Å². The number of benzene rings is 2. The lowest BCUT2D eigenvalue weighted by atomic mass is 10.1. The predicted octanol–water partition coefficient (Wildman–Crippen LogP) is 3.25. The van der Waals surface area contributed by atoms with Crippen LogP contribution < -0.4 is 4.90 Å². The Morgan fingerprint density at radius 2 is 1.44 bits per heavy atom. The van der Waals surface area contributed by atoms with Gasteiger partial charge in [-0.2, -0.15) is 14.8 Å². The third-order valence-corrected chi connectivity index (χ3v) is 7.24. The van der Waals surface area contributed by atoms with E-state index in [2.05, 4.69) is 12.1 Å². The van der Waals surface area contributed by atoms with Gasteiger partial charge in [0.2, 0.25) is 10.0 Å². The van der Waals surface area contributed by atoms with Crippen LogP contribution in [-0.2, 0) is 10.0 Å². The van der Waals surface area contributed by atoms with Gasteiger partial charge in [-0.05, 0) is 24.3 Å². The van der Waals surface area contributed by atoms with Crippen LogP contribution in [0, 0.1) is 22.7 Å². The number of rotatable bonds is 3. The van der Waals surface area contributed by atoms with Gasteiger partial charge in [-0.15, -0.1) is 0 Å². The van der Waals surface area contributed by atoms with E-state index in [4.69, 9.17) is 23.2 Å². The van der Waals surface area contributed by atoms with E-state index in [9.17, 15) is 18.9 Å². The van der Waals surface area contributed by atoms with E-state index >= 15 is 0 Å². The molecule has 0 saturated carbocycles. The van der Waals surface area contributed by atoms with Gasteiger partial charge in [-0.25, -0.2) is 8.42 Å². The molecule has 2 aromatic carbocycles. The van der Waals surface area contributed by atoms with E-state index in [1.807, 2.05) is 4.90 Å². The summed E-state index contributed by atoms with van der Waals surface area (Å²) in [4.78, 5) is 1.84. The molecule has 6 nitrogen and oxygen atoms in total. The van der Waals surface area contributed by atoms with Gasteiger partial charge in [0.15, 0.2) is 0 Å². The highest BCUT2D eigenvalue weighted by Gasteiger charge is 2.31. The maximum Gasteiger partial charge on any atom is 0.244 e. The molecule has 27 heavy (non-hydrogen) atoms. The summed E-state index contributed by atoms with van der Waals surface area (Å²) in [7, 11) is -3.79. The average Bonchev–Trinajstić information content (AvgIpc) is 2.69. The molecule has 0 amide bonds. The van der Waals surface area contributed by atoms with Gasteiger partial charge in [-0.3, -0.25) is 0 Å². The number of hydrogen-bond acceptors (Lipinski definition) is 5. The lowest BCUT2D eigenvalue weighted by Crippen LogP contribution is -2.49. The summed E-state index contributed by atoms with van der Waals surface area (Å²) in [6.07, 6.45) is 0. The SMILES string of the molecule is N#Cc1cccc(C#N)c1N1CCN(S(=O)(=O)c2cccc(Cl)c2Cl)CC1. The molecule has 0 aromatic heterocycles. The van der Waals surface area contributed by atoms with Gasteiger partial charge in [-0.1, -0.05) is 35.3 Å². The van der Waals surface area contributed by atoms with Crippen molar-refractivity contribution in [2.75, 3.05) is 31.1 Å². The topological polar surface area (TPSA) is 88.2 Å². The third-order valence-electron chi connectivity index (χ3n) is 4.37. The second kappa shape index (κ2) is 7.75. The highest BCUT2D eigenvalue weighted by Crippen LogP contribution is 2.32. The molecule has 0 unspecified atom stereocenters. The Balaban J connectivity index is 1.86.